The van der Waals surface area contributed by atoms with Crippen molar-refractivity contribution in [2.45, 2.75) is 37.5 Å². The molecule has 15 heavy (non-hydrogen) atoms. The number of hydrogen-bond donors (Lipinski definition) is 2. The van der Waals surface area contributed by atoms with Gasteiger partial charge in [-0.15, -0.1) is 0 Å². The second kappa shape index (κ2) is 4.08. The van der Waals surface area contributed by atoms with E-state index < -0.39 is 11.5 Å². The van der Waals surface area contributed by atoms with Gasteiger partial charge in [0, 0.05) is 6.04 Å². The van der Waals surface area contributed by atoms with Crippen molar-refractivity contribution in [3.8, 4) is 0 Å². The van der Waals surface area contributed by atoms with E-state index in [1.165, 1.54) is 0 Å². The summed E-state index contributed by atoms with van der Waals surface area (Å²) in [5.41, 5.74) is -0.962. The van der Waals surface area contributed by atoms with Crippen LogP contribution >= 0.6 is 0 Å². The van der Waals surface area contributed by atoms with Crippen LogP contribution in [-0.4, -0.2) is 48.6 Å². The Labute approximate surface area is 88.7 Å². The fraction of sp³-hybridized carbons (Fsp3) is 0.900. The third kappa shape index (κ3) is 2.68. The standard InChI is InChI=1S/C10H17NO4/c1-10(9(12)13,11-7-2-3-7)6-15-8-4-14-5-8/h7-8,11H,2-6H2,1H3,(H,12,13). The van der Waals surface area contributed by atoms with Gasteiger partial charge in [-0.3, -0.25) is 10.1 Å². The Hall–Kier alpha value is -0.650. The zero-order valence-corrected chi connectivity index (χ0v) is 8.86. The van der Waals surface area contributed by atoms with Crippen LogP contribution in [0.3, 0.4) is 0 Å². The van der Waals surface area contributed by atoms with Crippen molar-refractivity contribution in [2.75, 3.05) is 19.8 Å². The molecule has 0 radical (unpaired) electrons. The lowest BCUT2D eigenvalue weighted by molar-refractivity contribution is -0.160. The van der Waals surface area contributed by atoms with Crippen LogP contribution in [0.25, 0.3) is 0 Å². The Bertz CT molecular complexity index is 250. The smallest absolute Gasteiger partial charge is 0.326 e. The van der Waals surface area contributed by atoms with Gasteiger partial charge in [0.05, 0.1) is 19.8 Å². The maximum absolute atomic E-state index is 11.1. The van der Waals surface area contributed by atoms with Gasteiger partial charge in [-0.25, -0.2) is 0 Å². The zero-order chi connectivity index (χ0) is 10.9. The minimum Gasteiger partial charge on any atom is -0.480 e. The van der Waals surface area contributed by atoms with Crippen LogP contribution < -0.4 is 5.32 Å². The number of rotatable bonds is 6. The van der Waals surface area contributed by atoms with Crippen molar-refractivity contribution in [1.82, 2.24) is 5.32 Å². The van der Waals surface area contributed by atoms with Crippen molar-refractivity contribution in [3.05, 3.63) is 0 Å². The molecule has 86 valence electrons. The summed E-state index contributed by atoms with van der Waals surface area (Å²) in [6.45, 7) is 3.04. The molecule has 1 aliphatic carbocycles. The summed E-state index contributed by atoms with van der Waals surface area (Å²) in [6.07, 6.45) is 2.20. The van der Waals surface area contributed by atoms with E-state index in [1.807, 2.05) is 0 Å². The normalized spacial score (nSPS) is 25.7. The molecule has 5 heteroatoms. The van der Waals surface area contributed by atoms with Gasteiger partial charge in [-0.2, -0.15) is 0 Å². The summed E-state index contributed by atoms with van der Waals surface area (Å²) in [5, 5.41) is 12.2. The molecular formula is C10H17NO4. The monoisotopic (exact) mass is 215 g/mol. The summed E-state index contributed by atoms with van der Waals surface area (Å²) in [6, 6.07) is 0.354. The summed E-state index contributed by atoms with van der Waals surface area (Å²) >= 11 is 0. The quantitative estimate of drug-likeness (QED) is 0.652. The molecule has 2 aliphatic rings. The van der Waals surface area contributed by atoms with E-state index in [0.717, 1.165) is 12.8 Å². The average molecular weight is 215 g/mol. The van der Waals surface area contributed by atoms with Crippen molar-refractivity contribution < 1.29 is 19.4 Å². The molecule has 2 N–H and O–H groups in total. The van der Waals surface area contributed by atoms with Gasteiger partial charge in [0.2, 0.25) is 0 Å². The van der Waals surface area contributed by atoms with Crippen LogP contribution in [0, 0.1) is 0 Å². The van der Waals surface area contributed by atoms with Crippen molar-refractivity contribution >= 4 is 5.97 Å². The highest BCUT2D eigenvalue weighted by Crippen LogP contribution is 2.23. The van der Waals surface area contributed by atoms with Crippen LogP contribution in [0.2, 0.25) is 0 Å². The third-order valence-electron chi connectivity index (χ3n) is 2.79. The van der Waals surface area contributed by atoms with Crippen molar-refractivity contribution in [1.29, 1.82) is 0 Å². The number of ether oxygens (including phenoxy) is 2. The number of nitrogens with one attached hydrogen (secondary N) is 1. The first-order valence-corrected chi connectivity index (χ1v) is 5.30. The van der Waals surface area contributed by atoms with Gasteiger partial charge in [0.25, 0.3) is 0 Å². The predicted molar refractivity (Wildman–Crippen MR) is 52.8 cm³/mol. The molecule has 0 spiro atoms. The highest BCUT2D eigenvalue weighted by Gasteiger charge is 2.39. The van der Waals surface area contributed by atoms with Crippen LogP contribution in [-0.2, 0) is 14.3 Å². The Kier molecular flexibility index (Phi) is 2.95. The minimum atomic E-state index is -0.962. The lowest BCUT2D eigenvalue weighted by atomic mass is 10.0. The Morgan fingerprint density at radius 3 is 2.67 bits per heavy atom. The summed E-state index contributed by atoms with van der Waals surface area (Å²) in [4.78, 5) is 11.1. The second-order valence-corrected chi connectivity index (χ2v) is 4.53. The molecule has 2 rings (SSSR count). The number of carboxylic acid groups (broad SMARTS) is 1. The van der Waals surface area contributed by atoms with E-state index in [4.69, 9.17) is 14.6 Å². The molecule has 1 aliphatic heterocycles. The first-order valence-electron chi connectivity index (χ1n) is 5.30. The Balaban J connectivity index is 1.82. The SMILES string of the molecule is CC(COC1COC1)(NC1CC1)C(=O)O. The first kappa shape index (κ1) is 10.9. The van der Waals surface area contributed by atoms with Crippen LogP contribution in [0.5, 0.6) is 0 Å². The fourth-order valence-corrected chi connectivity index (χ4v) is 1.44. The molecule has 0 aromatic carbocycles. The highest BCUT2D eigenvalue weighted by molar-refractivity contribution is 5.78. The highest BCUT2D eigenvalue weighted by atomic mass is 16.6. The second-order valence-electron chi connectivity index (χ2n) is 4.53. The average Bonchev–Trinajstić information content (AvgIpc) is 2.85. The fourth-order valence-electron chi connectivity index (χ4n) is 1.44. The van der Waals surface area contributed by atoms with Crippen LogP contribution in [0.4, 0.5) is 0 Å². The lowest BCUT2D eigenvalue weighted by Crippen LogP contribution is -2.55. The molecule has 1 saturated carbocycles. The van der Waals surface area contributed by atoms with Gasteiger partial charge >= 0.3 is 5.97 Å². The third-order valence-corrected chi connectivity index (χ3v) is 2.79. The van der Waals surface area contributed by atoms with Gasteiger partial charge in [-0.1, -0.05) is 0 Å². The molecule has 1 atom stereocenters. The maximum atomic E-state index is 11.1. The van der Waals surface area contributed by atoms with Crippen molar-refractivity contribution in [2.24, 2.45) is 0 Å². The van der Waals surface area contributed by atoms with E-state index >= 15 is 0 Å². The molecule has 1 saturated heterocycles. The predicted octanol–water partition coefficient (Wildman–Crippen LogP) is -0.00290. The number of carboxylic acids is 1. The van der Waals surface area contributed by atoms with Gasteiger partial charge in [0.1, 0.15) is 11.6 Å². The molecule has 5 nitrogen and oxygen atoms in total. The molecular weight excluding hydrogens is 198 g/mol. The van der Waals surface area contributed by atoms with E-state index in [9.17, 15) is 4.79 Å². The summed E-state index contributed by atoms with van der Waals surface area (Å²) in [7, 11) is 0. The van der Waals surface area contributed by atoms with Gasteiger partial charge < -0.3 is 14.6 Å². The van der Waals surface area contributed by atoms with E-state index in [2.05, 4.69) is 5.32 Å². The van der Waals surface area contributed by atoms with E-state index in [1.54, 1.807) is 6.92 Å². The van der Waals surface area contributed by atoms with Gasteiger partial charge in [-0.05, 0) is 19.8 Å². The number of hydrogen-bond acceptors (Lipinski definition) is 4. The van der Waals surface area contributed by atoms with Crippen LogP contribution in [0.15, 0.2) is 0 Å². The van der Waals surface area contributed by atoms with Gasteiger partial charge in [0.15, 0.2) is 0 Å². The van der Waals surface area contributed by atoms with E-state index in [-0.39, 0.29) is 12.7 Å². The van der Waals surface area contributed by atoms with Crippen LogP contribution in [0.1, 0.15) is 19.8 Å². The molecule has 1 heterocycles. The Morgan fingerprint density at radius 1 is 1.60 bits per heavy atom. The summed E-state index contributed by atoms with van der Waals surface area (Å²) in [5.74, 6) is -0.852. The maximum Gasteiger partial charge on any atom is 0.326 e. The number of carbonyl (C=O) groups is 1. The molecule has 0 aromatic rings. The zero-order valence-electron chi connectivity index (χ0n) is 8.86. The van der Waals surface area contributed by atoms with E-state index in [0.29, 0.717) is 19.3 Å². The molecule has 0 aromatic heterocycles. The van der Waals surface area contributed by atoms with Crippen molar-refractivity contribution in [3.63, 3.8) is 0 Å². The first-order chi connectivity index (χ1) is 7.10. The molecule has 0 bridgehead atoms. The lowest BCUT2D eigenvalue weighted by Gasteiger charge is -2.32. The molecule has 2 fully saturated rings. The topological polar surface area (TPSA) is 67.8 Å². The Morgan fingerprint density at radius 2 is 2.27 bits per heavy atom. The molecule has 0 amide bonds. The minimum absolute atomic E-state index is 0.0738. The summed E-state index contributed by atoms with van der Waals surface area (Å²) < 4.78 is 10.4. The number of aliphatic carboxylic acids is 1. The molecule has 1 unspecified atom stereocenters. The largest absolute Gasteiger partial charge is 0.480 e.